The summed E-state index contributed by atoms with van der Waals surface area (Å²) in [7, 11) is 3.18. The van der Waals surface area contributed by atoms with Crippen molar-refractivity contribution in [3.8, 4) is 17.2 Å². The molecule has 2 rings (SSSR count). The highest BCUT2D eigenvalue weighted by Crippen LogP contribution is 2.29. The molecule has 2 aromatic rings. The van der Waals surface area contributed by atoms with E-state index in [9.17, 15) is 4.79 Å². The molecule has 0 unspecified atom stereocenters. The van der Waals surface area contributed by atoms with Crippen LogP contribution >= 0.6 is 11.6 Å². The van der Waals surface area contributed by atoms with Gasteiger partial charge in [0.05, 0.1) is 25.3 Å². The Bertz CT molecular complexity index is 748. The first-order valence-electron chi connectivity index (χ1n) is 7.84. The Morgan fingerprint density at radius 1 is 1.12 bits per heavy atom. The van der Waals surface area contributed by atoms with Crippen LogP contribution in [-0.4, -0.2) is 26.7 Å². The van der Waals surface area contributed by atoms with Gasteiger partial charge in [-0.1, -0.05) is 17.7 Å². The van der Waals surface area contributed by atoms with Crippen molar-refractivity contribution in [1.29, 1.82) is 0 Å². The summed E-state index contributed by atoms with van der Waals surface area (Å²) in [6.45, 7) is 3.68. The van der Waals surface area contributed by atoms with Crippen LogP contribution in [-0.2, 0) is 4.79 Å². The molecule has 0 saturated heterocycles. The zero-order valence-electron chi connectivity index (χ0n) is 14.8. The summed E-state index contributed by atoms with van der Waals surface area (Å²) < 4.78 is 16.1. The van der Waals surface area contributed by atoms with Crippen LogP contribution in [0.1, 0.15) is 24.1 Å². The number of hydrogen-bond acceptors (Lipinski definition) is 4. The summed E-state index contributed by atoms with van der Waals surface area (Å²) in [6, 6.07) is 10.6. The largest absolute Gasteiger partial charge is 0.497 e. The number of methoxy groups -OCH3 is 2. The van der Waals surface area contributed by atoms with Gasteiger partial charge in [0.2, 0.25) is 0 Å². The maximum absolute atomic E-state index is 12.2. The van der Waals surface area contributed by atoms with Gasteiger partial charge in [0.25, 0.3) is 5.91 Å². The topological polar surface area (TPSA) is 56.8 Å². The van der Waals surface area contributed by atoms with Gasteiger partial charge in [0.1, 0.15) is 17.2 Å². The minimum Gasteiger partial charge on any atom is -0.497 e. The maximum Gasteiger partial charge on any atom is 0.258 e. The standard InChI is InChI=1S/C19H22ClNO4/c1-12-5-7-16(20)18(9-12)25-11-19(22)21-13(2)15-10-14(23-3)6-8-17(15)24-4/h5-10,13H,11H2,1-4H3,(H,21,22)/t13-/m1/s1. The average molecular weight is 364 g/mol. The van der Waals surface area contributed by atoms with Crippen LogP contribution in [0.25, 0.3) is 0 Å². The minimum absolute atomic E-state index is 0.125. The third-order valence-corrected chi connectivity index (χ3v) is 4.04. The van der Waals surface area contributed by atoms with Crippen molar-refractivity contribution in [3.05, 3.63) is 52.5 Å². The second-order valence-corrected chi connectivity index (χ2v) is 6.03. The molecule has 0 radical (unpaired) electrons. The smallest absolute Gasteiger partial charge is 0.258 e. The van der Waals surface area contributed by atoms with Crippen LogP contribution in [0.5, 0.6) is 17.2 Å². The molecule has 0 bridgehead atoms. The second kappa shape index (κ2) is 8.62. The zero-order chi connectivity index (χ0) is 18.4. The summed E-state index contributed by atoms with van der Waals surface area (Å²) in [5.74, 6) is 1.61. The quantitative estimate of drug-likeness (QED) is 0.810. The highest BCUT2D eigenvalue weighted by atomic mass is 35.5. The molecule has 0 heterocycles. The molecule has 5 nitrogen and oxygen atoms in total. The third kappa shape index (κ3) is 5.03. The average Bonchev–Trinajstić information content (AvgIpc) is 2.61. The molecule has 2 aromatic carbocycles. The van der Waals surface area contributed by atoms with Crippen LogP contribution < -0.4 is 19.5 Å². The molecular formula is C19H22ClNO4. The molecule has 0 spiro atoms. The van der Waals surface area contributed by atoms with Crippen LogP contribution in [0, 0.1) is 6.92 Å². The van der Waals surface area contributed by atoms with Crippen molar-refractivity contribution >= 4 is 17.5 Å². The first-order valence-corrected chi connectivity index (χ1v) is 8.22. The summed E-state index contributed by atoms with van der Waals surface area (Å²) in [5, 5.41) is 3.36. The summed E-state index contributed by atoms with van der Waals surface area (Å²) in [6.07, 6.45) is 0. The Hall–Kier alpha value is -2.40. The first kappa shape index (κ1) is 18.9. The number of ether oxygens (including phenoxy) is 3. The van der Waals surface area contributed by atoms with Gasteiger partial charge in [-0.2, -0.15) is 0 Å². The van der Waals surface area contributed by atoms with E-state index in [0.717, 1.165) is 11.1 Å². The van der Waals surface area contributed by atoms with Crippen molar-refractivity contribution in [1.82, 2.24) is 5.32 Å². The van der Waals surface area contributed by atoms with E-state index >= 15 is 0 Å². The molecule has 1 amide bonds. The summed E-state index contributed by atoms with van der Waals surface area (Å²) >= 11 is 6.07. The normalized spacial score (nSPS) is 11.6. The number of rotatable bonds is 7. The molecule has 1 N–H and O–H groups in total. The fraction of sp³-hybridized carbons (Fsp3) is 0.316. The molecule has 1 atom stereocenters. The van der Waals surface area contributed by atoms with E-state index in [4.69, 9.17) is 25.8 Å². The highest BCUT2D eigenvalue weighted by molar-refractivity contribution is 6.32. The van der Waals surface area contributed by atoms with Crippen LogP contribution in [0.2, 0.25) is 5.02 Å². The first-order chi connectivity index (χ1) is 11.9. The fourth-order valence-electron chi connectivity index (χ4n) is 2.40. The van der Waals surface area contributed by atoms with E-state index in [0.29, 0.717) is 22.3 Å². The Kier molecular flexibility index (Phi) is 6.53. The van der Waals surface area contributed by atoms with Crippen molar-refractivity contribution < 1.29 is 19.0 Å². The Morgan fingerprint density at radius 2 is 1.88 bits per heavy atom. The number of halogens is 1. The van der Waals surface area contributed by atoms with Gasteiger partial charge in [-0.3, -0.25) is 4.79 Å². The van der Waals surface area contributed by atoms with E-state index in [1.807, 2.05) is 26.0 Å². The monoisotopic (exact) mass is 363 g/mol. The van der Waals surface area contributed by atoms with E-state index in [1.54, 1.807) is 38.5 Å². The molecule has 0 aliphatic heterocycles. The van der Waals surface area contributed by atoms with Crippen molar-refractivity contribution in [2.24, 2.45) is 0 Å². The van der Waals surface area contributed by atoms with E-state index < -0.39 is 0 Å². The van der Waals surface area contributed by atoms with Gasteiger partial charge in [0.15, 0.2) is 6.61 Å². The lowest BCUT2D eigenvalue weighted by Gasteiger charge is -2.18. The number of amides is 1. The van der Waals surface area contributed by atoms with E-state index in [-0.39, 0.29) is 18.6 Å². The molecule has 0 aromatic heterocycles. The van der Waals surface area contributed by atoms with Crippen LogP contribution in [0.4, 0.5) is 0 Å². The van der Waals surface area contributed by atoms with Gasteiger partial charge in [-0.15, -0.1) is 0 Å². The molecule has 0 aliphatic rings. The summed E-state index contributed by atoms with van der Waals surface area (Å²) in [5.41, 5.74) is 1.83. The Morgan fingerprint density at radius 3 is 2.56 bits per heavy atom. The lowest BCUT2D eigenvalue weighted by molar-refractivity contribution is -0.123. The lowest BCUT2D eigenvalue weighted by atomic mass is 10.1. The predicted octanol–water partition coefficient (Wildman–Crippen LogP) is 3.92. The third-order valence-electron chi connectivity index (χ3n) is 3.73. The van der Waals surface area contributed by atoms with Gasteiger partial charge in [-0.25, -0.2) is 0 Å². The van der Waals surface area contributed by atoms with Gasteiger partial charge in [0, 0.05) is 5.56 Å². The lowest BCUT2D eigenvalue weighted by Crippen LogP contribution is -2.31. The number of benzene rings is 2. The van der Waals surface area contributed by atoms with Crippen molar-refractivity contribution in [3.63, 3.8) is 0 Å². The van der Waals surface area contributed by atoms with Gasteiger partial charge in [-0.05, 0) is 49.7 Å². The maximum atomic E-state index is 12.2. The molecule has 134 valence electrons. The van der Waals surface area contributed by atoms with E-state index in [2.05, 4.69) is 5.32 Å². The van der Waals surface area contributed by atoms with Crippen molar-refractivity contribution in [2.45, 2.75) is 19.9 Å². The molecule has 0 saturated carbocycles. The van der Waals surface area contributed by atoms with Gasteiger partial charge < -0.3 is 19.5 Å². The number of hydrogen-bond donors (Lipinski definition) is 1. The molecule has 0 fully saturated rings. The number of aryl methyl sites for hydroxylation is 1. The molecule has 6 heteroatoms. The van der Waals surface area contributed by atoms with Gasteiger partial charge >= 0.3 is 0 Å². The number of nitrogens with one attached hydrogen (secondary N) is 1. The molecular weight excluding hydrogens is 342 g/mol. The molecule has 25 heavy (non-hydrogen) atoms. The number of carbonyl (C=O) groups excluding carboxylic acids is 1. The zero-order valence-corrected chi connectivity index (χ0v) is 15.5. The predicted molar refractivity (Wildman–Crippen MR) is 97.8 cm³/mol. The highest BCUT2D eigenvalue weighted by Gasteiger charge is 2.16. The van der Waals surface area contributed by atoms with Crippen LogP contribution in [0.3, 0.4) is 0 Å². The minimum atomic E-state index is -0.269. The second-order valence-electron chi connectivity index (χ2n) is 5.62. The van der Waals surface area contributed by atoms with E-state index in [1.165, 1.54) is 0 Å². The van der Waals surface area contributed by atoms with Crippen molar-refractivity contribution in [2.75, 3.05) is 20.8 Å². The summed E-state index contributed by atoms with van der Waals surface area (Å²) in [4.78, 5) is 12.2. The Balaban J connectivity index is 2.01. The molecule has 0 aliphatic carbocycles. The number of carbonyl (C=O) groups is 1. The SMILES string of the molecule is COc1ccc(OC)c([C@@H](C)NC(=O)COc2cc(C)ccc2Cl)c1. The Labute approximate surface area is 152 Å². The fourth-order valence-corrected chi connectivity index (χ4v) is 2.58. The van der Waals surface area contributed by atoms with Crippen LogP contribution in [0.15, 0.2) is 36.4 Å².